The Balaban J connectivity index is 1.09. The van der Waals surface area contributed by atoms with Crippen LogP contribution in [0.5, 0.6) is 0 Å². The molecule has 0 aliphatic heterocycles. The Hall–Kier alpha value is -4.34. The van der Waals surface area contributed by atoms with Crippen molar-refractivity contribution in [1.82, 2.24) is 34.2 Å². The fourth-order valence-electron chi connectivity index (χ4n) is 5.05. The lowest BCUT2D eigenvalue weighted by Gasteiger charge is -2.07. The maximum Gasteiger partial charge on any atom is 0.280 e. The van der Waals surface area contributed by atoms with Gasteiger partial charge in [0.2, 0.25) is 5.89 Å². The molecule has 0 bridgehead atoms. The van der Waals surface area contributed by atoms with Crippen LogP contribution < -0.4 is 5.56 Å². The molecule has 2 aliphatic rings. The van der Waals surface area contributed by atoms with E-state index in [4.69, 9.17) is 8.94 Å². The second kappa shape index (κ2) is 7.08. The van der Waals surface area contributed by atoms with E-state index in [-0.39, 0.29) is 18.0 Å². The minimum atomic E-state index is -0.187. The van der Waals surface area contributed by atoms with Crippen molar-refractivity contribution >= 4 is 16.7 Å². The van der Waals surface area contributed by atoms with Crippen LogP contribution in [0, 0.1) is 11.8 Å². The number of hydrogen-bond acceptors (Lipinski definition) is 8. The zero-order chi connectivity index (χ0) is 22.8. The summed E-state index contributed by atoms with van der Waals surface area (Å²) < 4.78 is 14.0. The topological polar surface area (TPSA) is 118 Å². The standard InChI is InChI=1S/C24H19N7O3/c1-30-10-26-23-21(30)24(32)31(11-27-23)9-19-28-22(29-34-19)20-16-6-15(7-17(16)20)13-3-2-4-14(5-13)18-8-25-12-33-18/h2-6,8,10-12,16-17,20H,7,9H2,1H3. The van der Waals surface area contributed by atoms with Crippen LogP contribution in [0.3, 0.4) is 0 Å². The van der Waals surface area contributed by atoms with Gasteiger partial charge in [0.1, 0.15) is 12.9 Å². The molecule has 4 heterocycles. The molecule has 3 unspecified atom stereocenters. The van der Waals surface area contributed by atoms with Gasteiger partial charge in [0.15, 0.2) is 29.1 Å². The lowest BCUT2D eigenvalue weighted by molar-refractivity contribution is 0.364. The first-order valence-electron chi connectivity index (χ1n) is 11.0. The largest absolute Gasteiger partial charge is 0.444 e. The third-order valence-electron chi connectivity index (χ3n) is 6.82. The van der Waals surface area contributed by atoms with Gasteiger partial charge in [0.05, 0.1) is 12.5 Å². The van der Waals surface area contributed by atoms with E-state index in [0.717, 1.165) is 17.7 Å². The van der Waals surface area contributed by atoms with Crippen molar-refractivity contribution in [2.45, 2.75) is 18.9 Å². The van der Waals surface area contributed by atoms with Crippen molar-refractivity contribution < 1.29 is 8.94 Å². The molecule has 4 aromatic heterocycles. The molecule has 3 atom stereocenters. The maximum atomic E-state index is 12.8. The number of aryl methyl sites for hydroxylation is 1. The highest BCUT2D eigenvalue weighted by molar-refractivity contribution is 5.74. The molecule has 34 heavy (non-hydrogen) atoms. The third-order valence-corrected chi connectivity index (χ3v) is 6.82. The van der Waals surface area contributed by atoms with Crippen LogP contribution in [0.2, 0.25) is 0 Å². The molecule has 0 radical (unpaired) electrons. The number of aromatic nitrogens is 7. The van der Waals surface area contributed by atoms with Crippen molar-refractivity contribution in [2.24, 2.45) is 18.9 Å². The molecule has 1 fully saturated rings. The van der Waals surface area contributed by atoms with Gasteiger partial charge in [-0.15, -0.1) is 0 Å². The second-order valence-electron chi connectivity index (χ2n) is 8.86. The summed E-state index contributed by atoms with van der Waals surface area (Å²) in [4.78, 5) is 29.7. The van der Waals surface area contributed by atoms with Crippen LogP contribution in [0.25, 0.3) is 28.1 Å². The van der Waals surface area contributed by atoms with Crippen molar-refractivity contribution in [3.63, 3.8) is 0 Å². The van der Waals surface area contributed by atoms with Gasteiger partial charge in [-0.2, -0.15) is 4.98 Å². The molecule has 10 heteroatoms. The molecule has 10 nitrogen and oxygen atoms in total. The van der Waals surface area contributed by atoms with E-state index in [0.29, 0.717) is 34.7 Å². The Morgan fingerprint density at radius 1 is 1.18 bits per heavy atom. The van der Waals surface area contributed by atoms with Crippen LogP contribution in [0.4, 0.5) is 0 Å². The molecule has 0 N–H and O–H groups in total. The van der Waals surface area contributed by atoms with Crippen molar-refractivity contribution in [2.75, 3.05) is 0 Å². The summed E-state index contributed by atoms with van der Waals surface area (Å²) >= 11 is 0. The predicted octanol–water partition coefficient (Wildman–Crippen LogP) is 3.03. The minimum absolute atomic E-state index is 0.178. The van der Waals surface area contributed by atoms with Crippen LogP contribution in [-0.4, -0.2) is 34.2 Å². The molecular weight excluding hydrogens is 434 g/mol. The van der Waals surface area contributed by atoms with Gasteiger partial charge in [-0.25, -0.2) is 15.0 Å². The average molecular weight is 453 g/mol. The van der Waals surface area contributed by atoms with E-state index in [1.807, 2.05) is 12.1 Å². The Morgan fingerprint density at radius 3 is 2.88 bits per heavy atom. The number of allylic oxidation sites excluding steroid dienone is 2. The van der Waals surface area contributed by atoms with E-state index >= 15 is 0 Å². The lowest BCUT2D eigenvalue weighted by Crippen LogP contribution is -2.22. The van der Waals surface area contributed by atoms with Crippen molar-refractivity contribution in [3.05, 3.63) is 83.2 Å². The van der Waals surface area contributed by atoms with E-state index in [2.05, 4.69) is 43.3 Å². The summed E-state index contributed by atoms with van der Waals surface area (Å²) in [5.74, 6) is 3.01. The van der Waals surface area contributed by atoms with Crippen LogP contribution in [0.1, 0.15) is 29.6 Å². The first-order valence-corrected chi connectivity index (χ1v) is 11.0. The molecule has 0 amide bonds. The highest BCUT2D eigenvalue weighted by Gasteiger charge is 2.55. The quantitative estimate of drug-likeness (QED) is 0.399. The summed E-state index contributed by atoms with van der Waals surface area (Å²) in [6, 6.07) is 8.34. The molecule has 2 aliphatic carbocycles. The Kier molecular flexibility index (Phi) is 3.99. The van der Waals surface area contributed by atoms with Crippen LogP contribution in [0.15, 0.2) is 69.3 Å². The number of hydrogen-bond donors (Lipinski definition) is 0. The fourth-order valence-corrected chi connectivity index (χ4v) is 5.05. The van der Waals surface area contributed by atoms with Crippen molar-refractivity contribution in [3.8, 4) is 11.3 Å². The van der Waals surface area contributed by atoms with E-state index in [1.165, 1.54) is 28.4 Å². The SMILES string of the molecule is Cn1cnc2ncn(Cc3nc(C4C5C=C(c6cccc(-c7cnco7)c6)CC54)no3)c(=O)c21. The number of benzene rings is 1. The van der Waals surface area contributed by atoms with Crippen LogP contribution in [-0.2, 0) is 13.6 Å². The smallest absolute Gasteiger partial charge is 0.280 e. The minimum Gasteiger partial charge on any atom is -0.444 e. The summed E-state index contributed by atoms with van der Waals surface area (Å²) in [6.07, 6.45) is 9.51. The molecule has 0 spiro atoms. The van der Waals surface area contributed by atoms with Crippen LogP contribution >= 0.6 is 0 Å². The highest BCUT2D eigenvalue weighted by atomic mass is 16.5. The van der Waals surface area contributed by atoms with Gasteiger partial charge in [-0.05, 0) is 35.5 Å². The first kappa shape index (κ1) is 19.2. The zero-order valence-corrected chi connectivity index (χ0v) is 18.2. The molecule has 1 saturated carbocycles. The molecule has 7 rings (SSSR count). The normalized spacial score (nSPS) is 21.1. The average Bonchev–Trinajstić information content (AvgIpc) is 3.47. The number of nitrogens with zero attached hydrogens (tertiary/aromatic N) is 7. The summed E-state index contributed by atoms with van der Waals surface area (Å²) in [7, 11) is 1.77. The van der Waals surface area contributed by atoms with Gasteiger partial charge in [0, 0.05) is 18.5 Å². The first-order chi connectivity index (χ1) is 16.7. The monoisotopic (exact) mass is 453 g/mol. The number of fused-ring (bicyclic) bond motifs is 2. The highest BCUT2D eigenvalue weighted by Crippen LogP contribution is 2.62. The lowest BCUT2D eigenvalue weighted by atomic mass is 9.98. The Bertz CT molecular complexity index is 1630. The molecule has 0 saturated heterocycles. The molecule has 1 aromatic carbocycles. The zero-order valence-electron chi connectivity index (χ0n) is 18.2. The number of rotatable bonds is 5. The Labute approximate surface area is 192 Å². The van der Waals surface area contributed by atoms with Gasteiger partial charge in [-0.3, -0.25) is 9.36 Å². The fraction of sp³-hybridized carbons (Fsp3) is 0.250. The maximum absolute atomic E-state index is 12.8. The van der Waals surface area contributed by atoms with Gasteiger partial charge in [0.25, 0.3) is 5.56 Å². The number of imidazole rings is 1. The van der Waals surface area contributed by atoms with Gasteiger partial charge in [-0.1, -0.05) is 29.4 Å². The third kappa shape index (κ3) is 2.95. The predicted molar refractivity (Wildman–Crippen MR) is 120 cm³/mol. The molecule has 5 aromatic rings. The van der Waals surface area contributed by atoms with Gasteiger partial charge < -0.3 is 13.5 Å². The van der Waals surface area contributed by atoms with E-state index in [1.54, 1.807) is 24.1 Å². The molecular formula is C24H19N7O3. The summed E-state index contributed by atoms with van der Waals surface area (Å²) in [5, 5.41) is 4.21. The van der Waals surface area contributed by atoms with E-state index in [9.17, 15) is 4.79 Å². The van der Waals surface area contributed by atoms with Crippen molar-refractivity contribution in [1.29, 1.82) is 0 Å². The summed E-state index contributed by atoms with van der Waals surface area (Å²) in [6.45, 7) is 0.178. The second-order valence-corrected chi connectivity index (χ2v) is 8.86. The molecule has 168 valence electrons. The Morgan fingerprint density at radius 2 is 2.06 bits per heavy atom. The van der Waals surface area contributed by atoms with Gasteiger partial charge >= 0.3 is 0 Å². The number of oxazole rings is 1. The summed E-state index contributed by atoms with van der Waals surface area (Å²) in [5.41, 5.74) is 4.24. The van der Waals surface area contributed by atoms with E-state index < -0.39 is 0 Å².